The summed E-state index contributed by atoms with van der Waals surface area (Å²) in [6.07, 6.45) is 2.14. The molecule has 1 aromatic heterocycles. The summed E-state index contributed by atoms with van der Waals surface area (Å²) in [6, 6.07) is 9.13. The summed E-state index contributed by atoms with van der Waals surface area (Å²) in [4.78, 5) is 17.2. The van der Waals surface area contributed by atoms with Gasteiger partial charge in [0.25, 0.3) is 0 Å². The van der Waals surface area contributed by atoms with Gasteiger partial charge in [0.1, 0.15) is 17.7 Å². The molecule has 0 bridgehead atoms. The molecule has 7 nitrogen and oxygen atoms in total. The molecule has 0 aliphatic carbocycles. The van der Waals surface area contributed by atoms with Crippen LogP contribution in [0.5, 0.6) is 0 Å². The van der Waals surface area contributed by atoms with Gasteiger partial charge in [0.2, 0.25) is 5.91 Å². The van der Waals surface area contributed by atoms with Gasteiger partial charge in [-0.3, -0.25) is 14.6 Å². The van der Waals surface area contributed by atoms with Crippen molar-refractivity contribution in [3.63, 3.8) is 0 Å². The van der Waals surface area contributed by atoms with Crippen molar-refractivity contribution < 1.29 is 13.9 Å². The molecular weight excluding hydrogens is 421 g/mol. The van der Waals surface area contributed by atoms with E-state index in [1.54, 1.807) is 6.07 Å². The molecule has 1 unspecified atom stereocenters. The highest BCUT2D eigenvalue weighted by atomic mass is 19.1. The molecule has 8 heteroatoms. The van der Waals surface area contributed by atoms with Gasteiger partial charge in [-0.1, -0.05) is 18.2 Å². The summed E-state index contributed by atoms with van der Waals surface area (Å²) in [5, 5.41) is 12.7. The van der Waals surface area contributed by atoms with E-state index in [-0.39, 0.29) is 24.4 Å². The molecule has 176 valence electrons. The van der Waals surface area contributed by atoms with Crippen LogP contribution in [0.4, 0.5) is 10.2 Å². The molecule has 2 fully saturated rings. The van der Waals surface area contributed by atoms with E-state index in [2.05, 4.69) is 21.2 Å². The molecule has 2 saturated heterocycles. The van der Waals surface area contributed by atoms with E-state index in [1.807, 2.05) is 30.5 Å². The van der Waals surface area contributed by atoms with E-state index in [0.717, 1.165) is 56.9 Å². The van der Waals surface area contributed by atoms with Crippen LogP contribution in [0.3, 0.4) is 0 Å². The smallest absolute Gasteiger partial charge is 0.239 e. The number of ether oxygens (including phenoxy) is 1. The maximum Gasteiger partial charge on any atom is 0.239 e. The Morgan fingerprint density at radius 3 is 2.61 bits per heavy atom. The highest BCUT2D eigenvalue weighted by molar-refractivity contribution is 5.93. The van der Waals surface area contributed by atoms with E-state index in [4.69, 9.17) is 4.74 Å². The number of halogens is 1. The number of nitrogens with one attached hydrogen (secondary N) is 1. The van der Waals surface area contributed by atoms with Gasteiger partial charge in [-0.2, -0.15) is 5.26 Å². The Bertz CT molecular complexity index is 1030. The number of hydrogen-bond acceptors (Lipinski definition) is 5. The van der Waals surface area contributed by atoms with Crippen molar-refractivity contribution in [2.75, 3.05) is 44.6 Å². The number of carbonyl (C=O) groups is 1. The summed E-state index contributed by atoms with van der Waals surface area (Å²) in [5.74, 6) is 0.274. The molecule has 1 aromatic carbocycles. The zero-order valence-corrected chi connectivity index (χ0v) is 19.4. The first kappa shape index (κ1) is 23.4. The molecule has 1 N–H and O–H groups in total. The lowest BCUT2D eigenvalue weighted by molar-refractivity contribution is -0.117. The van der Waals surface area contributed by atoms with Crippen LogP contribution in [0, 0.1) is 31.0 Å². The van der Waals surface area contributed by atoms with Gasteiger partial charge in [-0.25, -0.2) is 4.39 Å². The van der Waals surface area contributed by atoms with Crippen molar-refractivity contribution in [3.8, 4) is 6.07 Å². The summed E-state index contributed by atoms with van der Waals surface area (Å²) >= 11 is 0. The predicted octanol–water partition coefficient (Wildman–Crippen LogP) is 3.05. The fourth-order valence-electron chi connectivity index (χ4n) is 4.70. The average Bonchev–Trinajstić information content (AvgIpc) is 3.39. The Balaban J connectivity index is 1.35. The van der Waals surface area contributed by atoms with Crippen LogP contribution in [0.25, 0.3) is 0 Å². The number of carbonyl (C=O) groups excluding carboxylic acids is 1. The SMILES string of the molecule is Cc1c(C#N)c(NC(=O)CN2CCN(Cc3ccccc3F)CC2)n(CC2CCCO2)c1C. The average molecular weight is 454 g/mol. The molecule has 0 radical (unpaired) electrons. The fraction of sp³-hybridized carbons (Fsp3) is 0.520. The van der Waals surface area contributed by atoms with Gasteiger partial charge in [0.05, 0.1) is 24.8 Å². The van der Waals surface area contributed by atoms with Crippen LogP contribution < -0.4 is 5.32 Å². The second kappa shape index (κ2) is 10.5. The number of nitriles is 1. The number of piperazine rings is 1. The zero-order valence-electron chi connectivity index (χ0n) is 19.4. The monoisotopic (exact) mass is 453 g/mol. The maximum atomic E-state index is 13.9. The van der Waals surface area contributed by atoms with Crippen LogP contribution in [0.2, 0.25) is 0 Å². The Kier molecular flexibility index (Phi) is 7.43. The highest BCUT2D eigenvalue weighted by Gasteiger charge is 2.25. The lowest BCUT2D eigenvalue weighted by Crippen LogP contribution is -2.48. The molecule has 1 amide bonds. The van der Waals surface area contributed by atoms with Crippen molar-refractivity contribution >= 4 is 11.7 Å². The number of rotatable bonds is 7. The molecule has 4 rings (SSSR count). The summed E-state index contributed by atoms with van der Waals surface area (Å²) < 4.78 is 21.7. The third-order valence-electron chi connectivity index (χ3n) is 6.79. The third-order valence-corrected chi connectivity index (χ3v) is 6.79. The largest absolute Gasteiger partial charge is 0.376 e. The summed E-state index contributed by atoms with van der Waals surface area (Å²) in [7, 11) is 0. The number of anilines is 1. The number of aromatic nitrogens is 1. The van der Waals surface area contributed by atoms with Gasteiger partial charge < -0.3 is 14.6 Å². The van der Waals surface area contributed by atoms with Crippen LogP contribution >= 0.6 is 0 Å². The topological polar surface area (TPSA) is 73.5 Å². The lowest BCUT2D eigenvalue weighted by Gasteiger charge is -2.34. The van der Waals surface area contributed by atoms with Crippen molar-refractivity contribution in [2.45, 2.75) is 45.9 Å². The Morgan fingerprint density at radius 2 is 1.94 bits per heavy atom. The molecule has 2 aliphatic rings. The van der Waals surface area contributed by atoms with Crippen molar-refractivity contribution in [1.29, 1.82) is 5.26 Å². The van der Waals surface area contributed by atoms with E-state index in [1.165, 1.54) is 6.07 Å². The van der Waals surface area contributed by atoms with Crippen LogP contribution in [-0.2, 0) is 22.6 Å². The third kappa shape index (κ3) is 5.44. The molecule has 3 heterocycles. The van der Waals surface area contributed by atoms with Crippen LogP contribution in [0.1, 0.15) is 35.2 Å². The fourth-order valence-corrected chi connectivity index (χ4v) is 4.70. The molecule has 1 atom stereocenters. The second-order valence-electron chi connectivity index (χ2n) is 8.98. The van der Waals surface area contributed by atoms with Crippen molar-refractivity contribution in [2.24, 2.45) is 0 Å². The molecule has 0 spiro atoms. The normalized spacial score (nSPS) is 19.5. The Hall–Kier alpha value is -2.73. The second-order valence-corrected chi connectivity index (χ2v) is 8.98. The molecule has 2 aromatic rings. The number of nitrogens with zero attached hydrogens (tertiary/aromatic N) is 4. The number of hydrogen-bond donors (Lipinski definition) is 1. The predicted molar refractivity (Wildman–Crippen MR) is 124 cm³/mol. The lowest BCUT2D eigenvalue weighted by atomic mass is 10.2. The van der Waals surface area contributed by atoms with Gasteiger partial charge in [-0.15, -0.1) is 0 Å². The summed E-state index contributed by atoms with van der Waals surface area (Å²) in [6.45, 7) is 9.18. The van der Waals surface area contributed by atoms with Crippen LogP contribution in [-0.4, -0.2) is 65.7 Å². The first-order valence-corrected chi connectivity index (χ1v) is 11.7. The first-order chi connectivity index (χ1) is 16.0. The minimum Gasteiger partial charge on any atom is -0.376 e. The Labute approximate surface area is 194 Å². The molecular formula is C25H32FN5O2. The minimum atomic E-state index is -0.177. The van der Waals surface area contributed by atoms with Gasteiger partial charge in [0.15, 0.2) is 0 Å². The van der Waals surface area contributed by atoms with Crippen LogP contribution in [0.15, 0.2) is 24.3 Å². The quantitative estimate of drug-likeness (QED) is 0.698. The Morgan fingerprint density at radius 1 is 1.21 bits per heavy atom. The van der Waals surface area contributed by atoms with Gasteiger partial charge in [0, 0.05) is 50.6 Å². The van der Waals surface area contributed by atoms with Gasteiger partial charge in [-0.05, 0) is 38.3 Å². The number of benzene rings is 1. The zero-order chi connectivity index (χ0) is 23.4. The van der Waals surface area contributed by atoms with Crippen molar-refractivity contribution in [1.82, 2.24) is 14.4 Å². The maximum absolute atomic E-state index is 13.9. The van der Waals surface area contributed by atoms with Gasteiger partial charge >= 0.3 is 0 Å². The molecule has 0 saturated carbocycles. The van der Waals surface area contributed by atoms with E-state index in [0.29, 0.717) is 30.0 Å². The first-order valence-electron chi connectivity index (χ1n) is 11.7. The molecule has 2 aliphatic heterocycles. The van der Waals surface area contributed by atoms with E-state index < -0.39 is 0 Å². The molecule has 33 heavy (non-hydrogen) atoms. The van der Waals surface area contributed by atoms with E-state index in [9.17, 15) is 14.4 Å². The van der Waals surface area contributed by atoms with Crippen molar-refractivity contribution in [3.05, 3.63) is 52.5 Å². The van der Waals surface area contributed by atoms with E-state index >= 15 is 0 Å². The number of amides is 1. The summed E-state index contributed by atoms with van der Waals surface area (Å²) in [5.41, 5.74) is 3.10. The minimum absolute atomic E-state index is 0.111. The standard InChI is InChI=1S/C25H32FN5O2/c1-18-19(2)31(16-21-7-5-13-33-21)25(22(18)14-27)28-24(32)17-30-11-9-29(10-12-30)15-20-6-3-4-8-23(20)26/h3-4,6,8,21H,5,7,9-13,15-17H2,1-2H3,(H,28,32). The highest BCUT2D eigenvalue weighted by Crippen LogP contribution is 2.28.